The van der Waals surface area contributed by atoms with Crippen molar-refractivity contribution >= 4 is 28.8 Å². The van der Waals surface area contributed by atoms with E-state index in [-0.39, 0.29) is 23.2 Å². The molecule has 108 valence electrons. The summed E-state index contributed by atoms with van der Waals surface area (Å²) in [5.74, 6) is 0.905. The van der Waals surface area contributed by atoms with Gasteiger partial charge in [0, 0.05) is 18.3 Å². The summed E-state index contributed by atoms with van der Waals surface area (Å²) in [6.07, 6.45) is 3.09. The van der Waals surface area contributed by atoms with E-state index >= 15 is 0 Å². The fourth-order valence-corrected chi connectivity index (χ4v) is 1.60. The van der Waals surface area contributed by atoms with Crippen LogP contribution in [0, 0.1) is 10.1 Å². The van der Waals surface area contributed by atoms with Crippen molar-refractivity contribution < 1.29 is 9.66 Å². The molecule has 0 atom stereocenters. The zero-order valence-corrected chi connectivity index (χ0v) is 11.5. The Morgan fingerprint density at radius 1 is 1.43 bits per heavy atom. The number of pyridine rings is 1. The number of nitro groups is 1. The number of aromatic nitrogens is 1. The van der Waals surface area contributed by atoms with Gasteiger partial charge in [-0.3, -0.25) is 15.1 Å². The van der Waals surface area contributed by atoms with E-state index in [9.17, 15) is 10.1 Å². The van der Waals surface area contributed by atoms with Crippen LogP contribution >= 0.6 is 11.6 Å². The Labute approximate surface area is 125 Å². The van der Waals surface area contributed by atoms with Crippen LogP contribution < -0.4 is 10.5 Å². The van der Waals surface area contributed by atoms with Crippen LogP contribution in [-0.4, -0.2) is 21.6 Å². The second-order valence-corrected chi connectivity index (χ2v) is 4.24. The molecule has 1 aromatic carbocycles. The third-order valence-electron chi connectivity index (χ3n) is 2.37. The molecule has 1 heterocycles. The molecular weight excluding hydrogens is 296 g/mol. The van der Waals surface area contributed by atoms with Gasteiger partial charge in [-0.1, -0.05) is 0 Å². The molecule has 8 heteroatoms. The van der Waals surface area contributed by atoms with Crippen molar-refractivity contribution in [3.8, 4) is 11.5 Å². The van der Waals surface area contributed by atoms with Gasteiger partial charge < -0.3 is 10.5 Å². The summed E-state index contributed by atoms with van der Waals surface area (Å²) in [6.45, 7) is 0. The van der Waals surface area contributed by atoms with E-state index in [0.29, 0.717) is 11.4 Å². The monoisotopic (exact) mass is 306 g/mol. The normalized spacial score (nSPS) is 11.2. The Balaban J connectivity index is 2.38. The molecular formula is C13H11ClN4O3. The Bertz CT molecular complexity index is 676. The quantitative estimate of drug-likeness (QED) is 0.300. The van der Waals surface area contributed by atoms with Gasteiger partial charge in [0.2, 0.25) is 0 Å². The van der Waals surface area contributed by atoms with Crippen LogP contribution in [-0.2, 0) is 0 Å². The standard InChI is InChI=1S/C13H11ClN4O3/c14-7-13(15)17-9-4-10(18(19)20)6-12(5-9)21-11-2-1-3-16-8-11/h1-6,8H,7H2,(H2,15,17). The number of nitrogens with two attached hydrogens (primary N) is 1. The summed E-state index contributed by atoms with van der Waals surface area (Å²) in [6, 6.07) is 7.48. The maximum Gasteiger partial charge on any atom is 0.275 e. The number of ether oxygens (including phenoxy) is 1. The molecule has 0 aliphatic rings. The van der Waals surface area contributed by atoms with Crippen LogP contribution in [0.25, 0.3) is 0 Å². The van der Waals surface area contributed by atoms with Crippen LogP contribution in [0.4, 0.5) is 11.4 Å². The van der Waals surface area contributed by atoms with Crippen molar-refractivity contribution in [2.75, 3.05) is 5.88 Å². The number of halogens is 1. The van der Waals surface area contributed by atoms with Gasteiger partial charge in [0.15, 0.2) is 0 Å². The molecule has 21 heavy (non-hydrogen) atoms. The number of nitro benzene ring substituents is 1. The van der Waals surface area contributed by atoms with Gasteiger partial charge in [-0.2, -0.15) is 0 Å². The van der Waals surface area contributed by atoms with Gasteiger partial charge in [-0.25, -0.2) is 4.99 Å². The third-order valence-corrected chi connectivity index (χ3v) is 2.64. The van der Waals surface area contributed by atoms with E-state index in [4.69, 9.17) is 22.1 Å². The molecule has 0 bridgehead atoms. The largest absolute Gasteiger partial charge is 0.455 e. The van der Waals surface area contributed by atoms with E-state index in [1.54, 1.807) is 18.3 Å². The molecule has 7 nitrogen and oxygen atoms in total. The number of non-ortho nitro benzene ring substituents is 1. The maximum atomic E-state index is 10.9. The fraction of sp³-hybridized carbons (Fsp3) is 0.0769. The Hall–Kier alpha value is -2.67. The highest BCUT2D eigenvalue weighted by Crippen LogP contribution is 2.30. The Kier molecular flexibility index (Phi) is 4.68. The molecule has 2 aromatic rings. The summed E-state index contributed by atoms with van der Waals surface area (Å²) < 4.78 is 5.52. The lowest BCUT2D eigenvalue weighted by atomic mass is 10.2. The zero-order valence-electron chi connectivity index (χ0n) is 10.8. The number of aliphatic imine (C=N–C) groups is 1. The predicted octanol–water partition coefficient (Wildman–Crippen LogP) is 3.01. The first kappa shape index (κ1) is 14.7. The Morgan fingerprint density at radius 2 is 2.24 bits per heavy atom. The second kappa shape index (κ2) is 6.67. The lowest BCUT2D eigenvalue weighted by molar-refractivity contribution is -0.384. The Morgan fingerprint density at radius 3 is 2.86 bits per heavy atom. The molecule has 0 fully saturated rings. The second-order valence-electron chi connectivity index (χ2n) is 3.97. The number of hydrogen-bond acceptors (Lipinski definition) is 5. The molecule has 0 spiro atoms. The zero-order chi connectivity index (χ0) is 15.2. The third kappa shape index (κ3) is 4.15. The van der Waals surface area contributed by atoms with E-state index in [0.717, 1.165) is 0 Å². The lowest BCUT2D eigenvalue weighted by Crippen LogP contribution is -2.12. The van der Waals surface area contributed by atoms with E-state index in [1.807, 2.05) is 0 Å². The number of hydrogen-bond donors (Lipinski definition) is 1. The molecule has 1 aromatic heterocycles. The van der Waals surface area contributed by atoms with Crippen LogP contribution in [0.5, 0.6) is 11.5 Å². The van der Waals surface area contributed by atoms with Crippen LogP contribution in [0.2, 0.25) is 0 Å². The number of alkyl halides is 1. The topological polar surface area (TPSA) is 104 Å². The molecule has 0 saturated carbocycles. The molecule has 0 aliphatic carbocycles. The highest BCUT2D eigenvalue weighted by atomic mass is 35.5. The predicted molar refractivity (Wildman–Crippen MR) is 79.4 cm³/mol. The minimum atomic E-state index is -0.536. The number of nitrogens with zero attached hydrogens (tertiary/aromatic N) is 3. The molecule has 0 unspecified atom stereocenters. The summed E-state index contributed by atoms with van der Waals surface area (Å²) >= 11 is 5.54. The van der Waals surface area contributed by atoms with Gasteiger partial charge in [0.1, 0.15) is 17.3 Å². The first-order valence-corrected chi connectivity index (χ1v) is 6.38. The number of amidine groups is 1. The van der Waals surface area contributed by atoms with E-state index < -0.39 is 4.92 Å². The van der Waals surface area contributed by atoms with Crippen molar-refractivity contribution in [2.45, 2.75) is 0 Å². The summed E-state index contributed by atoms with van der Waals surface area (Å²) in [5.41, 5.74) is 5.67. The first-order valence-electron chi connectivity index (χ1n) is 5.85. The van der Waals surface area contributed by atoms with Crippen molar-refractivity contribution in [1.29, 1.82) is 0 Å². The van der Waals surface area contributed by atoms with Crippen LogP contribution in [0.1, 0.15) is 0 Å². The summed E-state index contributed by atoms with van der Waals surface area (Å²) in [4.78, 5) is 18.3. The lowest BCUT2D eigenvalue weighted by Gasteiger charge is -2.06. The molecule has 2 rings (SSSR count). The fourth-order valence-electron chi connectivity index (χ4n) is 1.54. The summed E-state index contributed by atoms with van der Waals surface area (Å²) in [7, 11) is 0. The number of rotatable bonds is 5. The molecule has 0 aliphatic heterocycles. The number of benzene rings is 1. The average Bonchev–Trinajstić information content (AvgIpc) is 2.47. The maximum absolute atomic E-state index is 10.9. The highest BCUT2D eigenvalue weighted by molar-refractivity contribution is 6.28. The van der Waals surface area contributed by atoms with Crippen LogP contribution in [0.3, 0.4) is 0 Å². The van der Waals surface area contributed by atoms with Gasteiger partial charge in [0.25, 0.3) is 5.69 Å². The minimum absolute atomic E-state index is 0.0293. The smallest absolute Gasteiger partial charge is 0.275 e. The van der Waals surface area contributed by atoms with Crippen LogP contribution in [0.15, 0.2) is 47.7 Å². The summed E-state index contributed by atoms with van der Waals surface area (Å²) in [5, 5.41) is 10.9. The molecule has 0 amide bonds. The van der Waals surface area contributed by atoms with E-state index in [2.05, 4.69) is 9.98 Å². The van der Waals surface area contributed by atoms with Crippen molar-refractivity contribution in [3.63, 3.8) is 0 Å². The van der Waals surface area contributed by atoms with Crippen molar-refractivity contribution in [1.82, 2.24) is 4.98 Å². The average molecular weight is 307 g/mol. The molecule has 2 N–H and O–H groups in total. The van der Waals surface area contributed by atoms with Gasteiger partial charge in [-0.05, 0) is 12.1 Å². The first-order chi connectivity index (χ1) is 10.1. The van der Waals surface area contributed by atoms with Gasteiger partial charge >= 0.3 is 0 Å². The van der Waals surface area contributed by atoms with Gasteiger partial charge in [-0.15, -0.1) is 11.6 Å². The van der Waals surface area contributed by atoms with Crippen molar-refractivity contribution in [3.05, 3.63) is 52.8 Å². The SMILES string of the molecule is NC(CCl)=Nc1cc(Oc2cccnc2)cc([N+](=O)[O-])c1. The highest BCUT2D eigenvalue weighted by Gasteiger charge is 2.11. The minimum Gasteiger partial charge on any atom is -0.455 e. The van der Waals surface area contributed by atoms with Crippen molar-refractivity contribution in [2.24, 2.45) is 10.7 Å². The van der Waals surface area contributed by atoms with E-state index in [1.165, 1.54) is 24.4 Å². The van der Waals surface area contributed by atoms with Gasteiger partial charge in [0.05, 0.1) is 28.8 Å². The molecule has 0 saturated heterocycles. The molecule has 0 radical (unpaired) electrons.